The second kappa shape index (κ2) is 8.48. The second-order valence-corrected chi connectivity index (χ2v) is 6.18. The van der Waals surface area contributed by atoms with Crippen LogP contribution >= 0.6 is 0 Å². The van der Waals surface area contributed by atoms with Crippen molar-refractivity contribution in [2.75, 3.05) is 13.7 Å². The van der Waals surface area contributed by atoms with Crippen molar-refractivity contribution >= 4 is 5.91 Å². The summed E-state index contributed by atoms with van der Waals surface area (Å²) < 4.78 is 44.9. The summed E-state index contributed by atoms with van der Waals surface area (Å²) in [6.07, 6.45) is 4.04. The highest BCUT2D eigenvalue weighted by atomic mass is 19.2. The molecule has 1 unspecified atom stereocenters. The van der Waals surface area contributed by atoms with E-state index in [0.29, 0.717) is 0 Å². The van der Waals surface area contributed by atoms with Crippen molar-refractivity contribution in [1.29, 1.82) is 0 Å². The molecule has 4 nitrogen and oxygen atoms in total. The van der Waals surface area contributed by atoms with E-state index in [2.05, 4.69) is 5.32 Å². The van der Waals surface area contributed by atoms with Gasteiger partial charge in [-0.1, -0.05) is 0 Å². The maximum Gasteiger partial charge on any atom is 0.220 e. The van der Waals surface area contributed by atoms with Crippen LogP contribution < -0.4 is 5.32 Å². The number of amides is 1. The monoisotopic (exact) mass is 345 g/mol. The summed E-state index contributed by atoms with van der Waals surface area (Å²) in [7, 11) is 1.67. The van der Waals surface area contributed by atoms with Crippen LogP contribution in [-0.2, 0) is 9.53 Å². The first kappa shape index (κ1) is 18.7. The number of benzene rings is 1. The molecule has 0 aromatic heterocycles. The summed E-state index contributed by atoms with van der Waals surface area (Å²) in [5.74, 6) is -4.36. The molecule has 1 amide bonds. The molecule has 1 aromatic rings. The number of carbonyl (C=O) groups excluding carboxylic acids is 1. The summed E-state index contributed by atoms with van der Waals surface area (Å²) in [5, 5.41) is 11.9. The van der Waals surface area contributed by atoms with Gasteiger partial charge in [0.25, 0.3) is 0 Å². The van der Waals surface area contributed by atoms with Crippen molar-refractivity contribution in [2.45, 2.75) is 44.2 Å². The highest BCUT2D eigenvalue weighted by Crippen LogP contribution is 2.28. The summed E-state index contributed by atoms with van der Waals surface area (Å²) in [5.41, 5.74) is -0.00894. The van der Waals surface area contributed by atoms with E-state index in [1.165, 1.54) is 0 Å². The first-order valence-corrected chi connectivity index (χ1v) is 8.02. The van der Waals surface area contributed by atoms with E-state index < -0.39 is 30.1 Å². The minimum atomic E-state index is -1.57. The summed E-state index contributed by atoms with van der Waals surface area (Å²) in [4.78, 5) is 12.1. The van der Waals surface area contributed by atoms with Gasteiger partial charge in [-0.15, -0.1) is 0 Å². The molecule has 134 valence electrons. The van der Waals surface area contributed by atoms with Gasteiger partial charge in [0.1, 0.15) is 0 Å². The van der Waals surface area contributed by atoms with Crippen molar-refractivity contribution in [3.05, 3.63) is 35.1 Å². The molecule has 1 aromatic carbocycles. The zero-order chi connectivity index (χ0) is 17.7. The average Bonchev–Trinajstić information content (AvgIpc) is 2.57. The highest BCUT2D eigenvalue weighted by molar-refractivity contribution is 5.76. The van der Waals surface area contributed by atoms with Crippen LogP contribution in [0.15, 0.2) is 12.1 Å². The Kier molecular flexibility index (Phi) is 6.62. The number of hydrogen-bond acceptors (Lipinski definition) is 3. The lowest BCUT2D eigenvalue weighted by Gasteiger charge is -2.27. The number of aliphatic hydroxyl groups is 1. The lowest BCUT2D eigenvalue weighted by molar-refractivity contribution is -0.123. The third kappa shape index (κ3) is 4.70. The largest absolute Gasteiger partial charge is 0.394 e. The van der Waals surface area contributed by atoms with E-state index in [1.807, 2.05) is 0 Å². The SMILES string of the molecule is COC1CCC(CC(=O)NC(CO)c2cc(F)c(F)c(F)c2)CC1. The van der Waals surface area contributed by atoms with Crippen molar-refractivity contribution in [3.8, 4) is 0 Å². The number of carbonyl (C=O) groups is 1. The molecule has 2 N–H and O–H groups in total. The lowest BCUT2D eigenvalue weighted by atomic mass is 9.85. The van der Waals surface area contributed by atoms with E-state index >= 15 is 0 Å². The van der Waals surface area contributed by atoms with Gasteiger partial charge in [-0.3, -0.25) is 4.79 Å². The van der Waals surface area contributed by atoms with Crippen LogP contribution in [0.2, 0.25) is 0 Å². The Morgan fingerprint density at radius 3 is 2.33 bits per heavy atom. The Hall–Kier alpha value is -1.60. The third-order valence-electron chi connectivity index (χ3n) is 4.53. The van der Waals surface area contributed by atoms with E-state index in [0.717, 1.165) is 37.8 Å². The molecule has 2 rings (SSSR count). The van der Waals surface area contributed by atoms with Gasteiger partial charge in [-0.05, 0) is 49.3 Å². The van der Waals surface area contributed by atoms with Gasteiger partial charge in [0.15, 0.2) is 17.5 Å². The zero-order valence-corrected chi connectivity index (χ0v) is 13.5. The molecular weight excluding hydrogens is 323 g/mol. The number of halogens is 3. The predicted octanol–water partition coefficient (Wildman–Crippen LogP) is 2.85. The number of aliphatic hydroxyl groups excluding tert-OH is 1. The zero-order valence-electron chi connectivity index (χ0n) is 13.5. The molecule has 0 aliphatic heterocycles. The smallest absolute Gasteiger partial charge is 0.220 e. The van der Waals surface area contributed by atoms with Crippen LogP contribution in [0.4, 0.5) is 13.2 Å². The number of methoxy groups -OCH3 is 1. The van der Waals surface area contributed by atoms with Gasteiger partial charge in [0.2, 0.25) is 5.91 Å². The summed E-state index contributed by atoms with van der Waals surface area (Å²) >= 11 is 0. The Balaban J connectivity index is 1.94. The topological polar surface area (TPSA) is 58.6 Å². The highest BCUT2D eigenvalue weighted by Gasteiger charge is 2.24. The Labute approximate surface area is 139 Å². The Morgan fingerprint density at radius 2 is 1.83 bits per heavy atom. The molecule has 24 heavy (non-hydrogen) atoms. The molecule has 1 aliphatic carbocycles. The van der Waals surface area contributed by atoms with E-state index in [1.54, 1.807) is 7.11 Å². The van der Waals surface area contributed by atoms with Gasteiger partial charge in [0.05, 0.1) is 18.8 Å². The molecule has 0 spiro atoms. The molecule has 1 aliphatic rings. The molecule has 0 bridgehead atoms. The molecule has 1 saturated carbocycles. The van der Waals surface area contributed by atoms with E-state index in [9.17, 15) is 23.1 Å². The molecule has 1 atom stereocenters. The first-order chi connectivity index (χ1) is 11.4. The van der Waals surface area contributed by atoms with E-state index in [4.69, 9.17) is 4.74 Å². The molecule has 0 heterocycles. The Morgan fingerprint density at radius 1 is 1.25 bits per heavy atom. The number of ether oxygens (including phenoxy) is 1. The van der Waals surface area contributed by atoms with E-state index in [-0.39, 0.29) is 29.9 Å². The molecule has 7 heteroatoms. The van der Waals surface area contributed by atoms with Gasteiger partial charge in [-0.25, -0.2) is 13.2 Å². The lowest BCUT2D eigenvalue weighted by Crippen LogP contribution is -2.33. The van der Waals surface area contributed by atoms with Crippen LogP contribution in [0.5, 0.6) is 0 Å². The van der Waals surface area contributed by atoms with Crippen LogP contribution in [0, 0.1) is 23.4 Å². The van der Waals surface area contributed by atoms with Gasteiger partial charge in [0, 0.05) is 13.5 Å². The maximum absolute atomic E-state index is 13.3. The average molecular weight is 345 g/mol. The first-order valence-electron chi connectivity index (χ1n) is 8.02. The van der Waals surface area contributed by atoms with Crippen LogP contribution in [0.3, 0.4) is 0 Å². The molecular formula is C17H22F3NO3. The van der Waals surface area contributed by atoms with Gasteiger partial charge < -0.3 is 15.2 Å². The van der Waals surface area contributed by atoms with Crippen LogP contribution in [-0.4, -0.2) is 30.8 Å². The minimum Gasteiger partial charge on any atom is -0.394 e. The normalized spacial score (nSPS) is 22.2. The molecule has 0 radical (unpaired) electrons. The van der Waals surface area contributed by atoms with Crippen molar-refractivity contribution in [1.82, 2.24) is 5.32 Å². The van der Waals surface area contributed by atoms with Crippen molar-refractivity contribution < 1.29 is 27.8 Å². The standard InChI is InChI=1S/C17H22F3NO3/c1-24-12-4-2-10(3-5-12)6-16(23)21-15(9-22)11-7-13(18)17(20)14(19)8-11/h7-8,10,12,15,22H,2-6,9H2,1H3,(H,21,23). The fraction of sp³-hybridized carbons (Fsp3) is 0.588. The maximum atomic E-state index is 13.3. The number of hydrogen-bond donors (Lipinski definition) is 2. The third-order valence-corrected chi connectivity index (χ3v) is 4.53. The van der Waals surface area contributed by atoms with Gasteiger partial charge >= 0.3 is 0 Å². The quantitative estimate of drug-likeness (QED) is 0.780. The number of rotatable bonds is 6. The Bertz CT molecular complexity index is 551. The van der Waals surface area contributed by atoms with Crippen LogP contribution in [0.25, 0.3) is 0 Å². The van der Waals surface area contributed by atoms with Crippen molar-refractivity contribution in [3.63, 3.8) is 0 Å². The molecule has 1 fully saturated rings. The number of nitrogens with one attached hydrogen (secondary N) is 1. The predicted molar refractivity (Wildman–Crippen MR) is 81.7 cm³/mol. The van der Waals surface area contributed by atoms with Gasteiger partial charge in [-0.2, -0.15) is 0 Å². The second-order valence-electron chi connectivity index (χ2n) is 6.18. The minimum absolute atomic E-state index is 0.00894. The van der Waals surface area contributed by atoms with Crippen LogP contribution in [0.1, 0.15) is 43.7 Å². The summed E-state index contributed by atoms with van der Waals surface area (Å²) in [6, 6.07) is 0.588. The summed E-state index contributed by atoms with van der Waals surface area (Å²) in [6.45, 7) is -0.535. The van der Waals surface area contributed by atoms with Crippen molar-refractivity contribution in [2.24, 2.45) is 5.92 Å². The molecule has 0 saturated heterocycles. The fourth-order valence-corrected chi connectivity index (χ4v) is 3.10. The fourth-order valence-electron chi connectivity index (χ4n) is 3.10.